The molecule has 17 heavy (non-hydrogen) atoms. The van der Waals surface area contributed by atoms with E-state index >= 15 is 0 Å². The molecule has 0 unspecified atom stereocenters. The van der Waals surface area contributed by atoms with Gasteiger partial charge in [-0.3, -0.25) is 4.79 Å². The predicted molar refractivity (Wildman–Crippen MR) is 69.2 cm³/mol. The first-order chi connectivity index (χ1) is 8.28. The lowest BCUT2D eigenvalue weighted by atomic mass is 10.1. The van der Waals surface area contributed by atoms with Crippen molar-refractivity contribution in [2.75, 3.05) is 13.1 Å². The zero-order valence-corrected chi connectivity index (χ0v) is 11.0. The number of nitrogens with zero attached hydrogens (tertiary/aromatic N) is 1. The molecule has 0 spiro atoms. The Balaban J connectivity index is 1.79. The van der Waals surface area contributed by atoms with Crippen LogP contribution in [0.1, 0.15) is 30.5 Å². The number of nitrogens with one attached hydrogen (secondary N) is 2. The third-order valence-corrected chi connectivity index (χ3v) is 3.95. The molecule has 0 radical (unpaired) electrons. The molecule has 94 valence electrons. The molecule has 1 aromatic rings. The summed E-state index contributed by atoms with van der Waals surface area (Å²) in [5, 5.41) is 9.43. The van der Waals surface area contributed by atoms with E-state index in [1.807, 2.05) is 5.38 Å². The van der Waals surface area contributed by atoms with Crippen molar-refractivity contribution in [3.05, 3.63) is 16.1 Å². The van der Waals surface area contributed by atoms with Crippen LogP contribution in [0.3, 0.4) is 0 Å². The smallest absolute Gasteiger partial charge is 0.226 e. The molecule has 2 heterocycles. The van der Waals surface area contributed by atoms with Crippen molar-refractivity contribution in [3.8, 4) is 0 Å². The first-order valence-corrected chi connectivity index (χ1v) is 7.09. The van der Waals surface area contributed by atoms with Crippen LogP contribution in [-0.4, -0.2) is 30.0 Å². The van der Waals surface area contributed by atoms with E-state index in [0.29, 0.717) is 12.5 Å². The molecule has 0 aliphatic carbocycles. The van der Waals surface area contributed by atoms with Crippen molar-refractivity contribution in [3.63, 3.8) is 0 Å². The van der Waals surface area contributed by atoms with E-state index in [9.17, 15) is 4.79 Å². The number of aromatic nitrogens is 1. The van der Waals surface area contributed by atoms with Crippen LogP contribution >= 0.6 is 11.3 Å². The molecule has 1 aliphatic rings. The van der Waals surface area contributed by atoms with Gasteiger partial charge >= 0.3 is 0 Å². The highest BCUT2D eigenvalue weighted by Crippen LogP contribution is 2.11. The molecule has 1 fully saturated rings. The van der Waals surface area contributed by atoms with Gasteiger partial charge in [0.2, 0.25) is 5.91 Å². The van der Waals surface area contributed by atoms with Crippen LogP contribution in [0.5, 0.6) is 0 Å². The van der Waals surface area contributed by atoms with Crippen LogP contribution in [0.2, 0.25) is 0 Å². The Kier molecular flexibility index (Phi) is 4.50. The van der Waals surface area contributed by atoms with Gasteiger partial charge in [0.15, 0.2) is 0 Å². The lowest BCUT2D eigenvalue weighted by Crippen LogP contribution is -2.46. The summed E-state index contributed by atoms with van der Waals surface area (Å²) in [6.45, 7) is 4.04. The summed E-state index contributed by atoms with van der Waals surface area (Å²) in [7, 11) is 0. The average molecular weight is 253 g/mol. The van der Waals surface area contributed by atoms with Crippen molar-refractivity contribution in [2.45, 2.75) is 38.6 Å². The molecule has 2 N–H and O–H groups in total. The van der Waals surface area contributed by atoms with Crippen LogP contribution in [0, 0.1) is 0 Å². The van der Waals surface area contributed by atoms with Crippen molar-refractivity contribution in [1.29, 1.82) is 0 Å². The van der Waals surface area contributed by atoms with Crippen LogP contribution in [0.15, 0.2) is 5.38 Å². The summed E-state index contributed by atoms with van der Waals surface area (Å²) >= 11 is 1.63. The quantitative estimate of drug-likeness (QED) is 0.845. The van der Waals surface area contributed by atoms with E-state index in [0.717, 1.165) is 43.1 Å². The standard InChI is InChI=1S/C12H19N3OS/c1-2-12-15-10(8-17-12)6-11(16)14-9-4-3-5-13-7-9/h8-9,13H,2-7H2,1H3,(H,14,16)/t9-/m0/s1. The molecule has 4 nitrogen and oxygen atoms in total. The van der Waals surface area contributed by atoms with Gasteiger partial charge in [-0.05, 0) is 25.8 Å². The molecule has 1 saturated heterocycles. The van der Waals surface area contributed by atoms with E-state index in [2.05, 4.69) is 22.5 Å². The van der Waals surface area contributed by atoms with Gasteiger partial charge in [0.05, 0.1) is 17.1 Å². The van der Waals surface area contributed by atoms with E-state index in [-0.39, 0.29) is 5.91 Å². The average Bonchev–Trinajstić information content (AvgIpc) is 2.78. The Morgan fingerprint density at radius 3 is 3.24 bits per heavy atom. The topological polar surface area (TPSA) is 54.0 Å². The second-order valence-electron chi connectivity index (χ2n) is 4.37. The van der Waals surface area contributed by atoms with E-state index in [1.54, 1.807) is 11.3 Å². The third-order valence-electron chi connectivity index (χ3n) is 2.91. The minimum atomic E-state index is 0.0895. The van der Waals surface area contributed by atoms with E-state index < -0.39 is 0 Å². The Bertz CT molecular complexity index is 372. The van der Waals surface area contributed by atoms with Crippen molar-refractivity contribution >= 4 is 17.2 Å². The number of aryl methyl sites for hydroxylation is 1. The molecule has 2 rings (SSSR count). The van der Waals surface area contributed by atoms with Gasteiger partial charge in [-0.25, -0.2) is 4.98 Å². The molecule has 5 heteroatoms. The lowest BCUT2D eigenvalue weighted by molar-refractivity contribution is -0.121. The molecule has 1 aliphatic heterocycles. The fraction of sp³-hybridized carbons (Fsp3) is 0.667. The first-order valence-electron chi connectivity index (χ1n) is 6.21. The summed E-state index contributed by atoms with van der Waals surface area (Å²) in [4.78, 5) is 16.2. The highest BCUT2D eigenvalue weighted by molar-refractivity contribution is 7.09. The number of carbonyl (C=O) groups is 1. The number of hydrogen-bond acceptors (Lipinski definition) is 4. The molecule has 0 saturated carbocycles. The lowest BCUT2D eigenvalue weighted by Gasteiger charge is -2.23. The number of amides is 1. The minimum Gasteiger partial charge on any atom is -0.352 e. The molecule has 0 aromatic carbocycles. The second-order valence-corrected chi connectivity index (χ2v) is 5.32. The Hall–Kier alpha value is -0.940. The van der Waals surface area contributed by atoms with E-state index in [4.69, 9.17) is 0 Å². The first kappa shape index (κ1) is 12.5. The maximum atomic E-state index is 11.8. The van der Waals surface area contributed by atoms with Gasteiger partial charge in [-0.2, -0.15) is 0 Å². The molecule has 1 atom stereocenters. The van der Waals surface area contributed by atoms with Gasteiger partial charge in [0, 0.05) is 18.0 Å². The summed E-state index contributed by atoms with van der Waals surface area (Å²) in [5.74, 6) is 0.0895. The SMILES string of the molecule is CCc1nc(CC(=O)N[C@H]2CCCNC2)cs1. The van der Waals surface area contributed by atoms with Gasteiger partial charge < -0.3 is 10.6 Å². The fourth-order valence-electron chi connectivity index (χ4n) is 2.01. The van der Waals surface area contributed by atoms with Crippen molar-refractivity contribution in [1.82, 2.24) is 15.6 Å². The monoisotopic (exact) mass is 253 g/mol. The summed E-state index contributed by atoms with van der Waals surface area (Å²) in [6, 6.07) is 0.292. The number of carbonyl (C=O) groups excluding carboxylic acids is 1. The maximum absolute atomic E-state index is 11.8. The van der Waals surface area contributed by atoms with Crippen LogP contribution in [0.4, 0.5) is 0 Å². The summed E-state index contributed by atoms with van der Waals surface area (Å²) in [5.41, 5.74) is 0.896. The molecular weight excluding hydrogens is 234 g/mol. The van der Waals surface area contributed by atoms with Crippen LogP contribution in [0.25, 0.3) is 0 Å². The van der Waals surface area contributed by atoms with Crippen molar-refractivity contribution in [2.24, 2.45) is 0 Å². The normalized spacial score (nSPS) is 20.2. The van der Waals surface area contributed by atoms with Gasteiger partial charge in [0.25, 0.3) is 0 Å². The zero-order valence-electron chi connectivity index (χ0n) is 10.2. The summed E-state index contributed by atoms with van der Waals surface area (Å²) < 4.78 is 0. The van der Waals surface area contributed by atoms with Gasteiger partial charge in [-0.1, -0.05) is 6.92 Å². The van der Waals surface area contributed by atoms with Crippen molar-refractivity contribution < 1.29 is 4.79 Å². The molecule has 0 bridgehead atoms. The number of rotatable bonds is 4. The van der Waals surface area contributed by atoms with E-state index in [1.165, 1.54) is 0 Å². The largest absolute Gasteiger partial charge is 0.352 e. The Morgan fingerprint density at radius 1 is 1.71 bits per heavy atom. The molecular formula is C12H19N3OS. The fourth-order valence-corrected chi connectivity index (χ4v) is 2.76. The number of thiazole rings is 1. The zero-order chi connectivity index (χ0) is 12.1. The van der Waals surface area contributed by atoms with Gasteiger partial charge in [-0.15, -0.1) is 11.3 Å². The molecule has 1 amide bonds. The molecule has 1 aromatic heterocycles. The Labute approximate surface area is 106 Å². The second kappa shape index (κ2) is 6.12. The predicted octanol–water partition coefficient (Wildman–Crippen LogP) is 1.12. The minimum absolute atomic E-state index is 0.0895. The van der Waals surface area contributed by atoms with Crippen LogP contribution in [-0.2, 0) is 17.6 Å². The number of hydrogen-bond donors (Lipinski definition) is 2. The maximum Gasteiger partial charge on any atom is 0.226 e. The van der Waals surface area contributed by atoms with Gasteiger partial charge in [0.1, 0.15) is 0 Å². The summed E-state index contributed by atoms with van der Waals surface area (Å²) in [6.07, 6.45) is 3.57. The number of piperidine rings is 1. The highest BCUT2D eigenvalue weighted by Gasteiger charge is 2.16. The Morgan fingerprint density at radius 2 is 2.59 bits per heavy atom. The van der Waals surface area contributed by atoms with Crippen LogP contribution < -0.4 is 10.6 Å². The highest BCUT2D eigenvalue weighted by atomic mass is 32.1. The third kappa shape index (κ3) is 3.78.